The van der Waals surface area contributed by atoms with E-state index in [1.54, 1.807) is 4.90 Å². The van der Waals surface area contributed by atoms with Crippen molar-refractivity contribution in [1.29, 1.82) is 0 Å². The van der Waals surface area contributed by atoms with Gasteiger partial charge < -0.3 is 15.1 Å². The fourth-order valence-corrected chi connectivity index (χ4v) is 3.41. The molecule has 2 amide bonds. The summed E-state index contributed by atoms with van der Waals surface area (Å²) in [5.41, 5.74) is 0.956. The predicted molar refractivity (Wildman–Crippen MR) is 91.8 cm³/mol. The molecule has 3 rings (SSSR count). The molecule has 2 aliphatic rings. The maximum atomic E-state index is 12.7. The van der Waals surface area contributed by atoms with Gasteiger partial charge in [0.25, 0.3) is 0 Å². The van der Waals surface area contributed by atoms with E-state index in [9.17, 15) is 9.59 Å². The summed E-state index contributed by atoms with van der Waals surface area (Å²) in [6.45, 7) is 2.95. The van der Waals surface area contributed by atoms with Gasteiger partial charge in [0.15, 0.2) is 0 Å². The predicted octanol–water partition coefficient (Wildman–Crippen LogP) is 1.86. The number of nitrogens with one attached hydrogen (secondary N) is 1. The Kier molecular flexibility index (Phi) is 6.27. The SMILES string of the molecule is Cl.O=C1CCCN1CC(=O)N1CCNCC1c1ccccc1Cl. The minimum Gasteiger partial charge on any atom is -0.333 e. The Balaban J connectivity index is 0.00000192. The molecule has 0 aliphatic carbocycles. The van der Waals surface area contributed by atoms with Gasteiger partial charge in [-0.1, -0.05) is 29.8 Å². The molecule has 2 fully saturated rings. The minimum atomic E-state index is -0.0762. The third-order valence-electron chi connectivity index (χ3n) is 4.33. The Bertz CT molecular complexity index is 582. The van der Waals surface area contributed by atoms with Gasteiger partial charge in [-0.3, -0.25) is 9.59 Å². The summed E-state index contributed by atoms with van der Waals surface area (Å²) in [5, 5.41) is 3.99. The van der Waals surface area contributed by atoms with Gasteiger partial charge in [-0.05, 0) is 18.1 Å². The van der Waals surface area contributed by atoms with E-state index in [2.05, 4.69) is 5.32 Å². The zero-order valence-electron chi connectivity index (χ0n) is 12.8. The second kappa shape index (κ2) is 7.99. The average Bonchev–Trinajstić information content (AvgIpc) is 2.93. The Hall–Kier alpha value is -1.30. The van der Waals surface area contributed by atoms with Crippen molar-refractivity contribution < 1.29 is 9.59 Å². The van der Waals surface area contributed by atoms with Crippen LogP contribution in [0.3, 0.4) is 0 Å². The molecule has 0 radical (unpaired) electrons. The minimum absolute atomic E-state index is 0. The number of carbonyl (C=O) groups is 2. The maximum absolute atomic E-state index is 12.7. The molecular weight excluding hydrogens is 337 g/mol. The first-order valence-corrected chi connectivity index (χ1v) is 8.07. The molecule has 0 bridgehead atoms. The van der Waals surface area contributed by atoms with Crippen LogP contribution in [0.5, 0.6) is 0 Å². The molecule has 126 valence electrons. The number of hydrogen-bond acceptors (Lipinski definition) is 3. The number of rotatable bonds is 3. The van der Waals surface area contributed by atoms with Crippen LogP contribution in [-0.4, -0.2) is 54.3 Å². The molecule has 1 atom stereocenters. The summed E-state index contributed by atoms with van der Waals surface area (Å²) in [6, 6.07) is 7.55. The van der Waals surface area contributed by atoms with Crippen LogP contribution < -0.4 is 5.32 Å². The molecule has 7 heteroatoms. The van der Waals surface area contributed by atoms with E-state index in [-0.39, 0.29) is 36.8 Å². The van der Waals surface area contributed by atoms with Gasteiger partial charge in [0.1, 0.15) is 0 Å². The third-order valence-corrected chi connectivity index (χ3v) is 4.67. The van der Waals surface area contributed by atoms with Crippen LogP contribution >= 0.6 is 24.0 Å². The summed E-state index contributed by atoms with van der Waals surface area (Å²) in [5.74, 6) is 0.0828. The van der Waals surface area contributed by atoms with Gasteiger partial charge in [-0.15, -0.1) is 12.4 Å². The molecule has 2 saturated heterocycles. The molecule has 0 aromatic heterocycles. The highest BCUT2D eigenvalue weighted by Crippen LogP contribution is 2.28. The molecule has 1 aromatic carbocycles. The topological polar surface area (TPSA) is 52.7 Å². The van der Waals surface area contributed by atoms with Gasteiger partial charge >= 0.3 is 0 Å². The van der Waals surface area contributed by atoms with Crippen molar-refractivity contribution in [3.63, 3.8) is 0 Å². The second-order valence-corrected chi connectivity index (χ2v) is 6.15. The number of carbonyl (C=O) groups excluding carboxylic acids is 2. The lowest BCUT2D eigenvalue weighted by Crippen LogP contribution is -2.51. The van der Waals surface area contributed by atoms with E-state index in [1.807, 2.05) is 29.2 Å². The molecule has 2 aliphatic heterocycles. The molecule has 1 aromatic rings. The van der Waals surface area contributed by atoms with Gasteiger partial charge in [0.2, 0.25) is 11.8 Å². The molecular formula is C16H21Cl2N3O2. The lowest BCUT2D eigenvalue weighted by atomic mass is 10.0. The summed E-state index contributed by atoms with van der Waals surface area (Å²) < 4.78 is 0. The number of likely N-dealkylation sites (tertiary alicyclic amines) is 1. The van der Waals surface area contributed by atoms with Crippen molar-refractivity contribution >= 4 is 35.8 Å². The van der Waals surface area contributed by atoms with Crippen molar-refractivity contribution in [2.75, 3.05) is 32.7 Å². The zero-order valence-corrected chi connectivity index (χ0v) is 14.4. The molecule has 1 N–H and O–H groups in total. The highest BCUT2D eigenvalue weighted by Gasteiger charge is 2.31. The Morgan fingerprint density at radius 3 is 2.78 bits per heavy atom. The maximum Gasteiger partial charge on any atom is 0.242 e. The van der Waals surface area contributed by atoms with Crippen LogP contribution in [0.2, 0.25) is 5.02 Å². The van der Waals surface area contributed by atoms with E-state index in [4.69, 9.17) is 11.6 Å². The molecule has 2 heterocycles. The Labute approximate surface area is 147 Å². The van der Waals surface area contributed by atoms with Crippen LogP contribution in [0.25, 0.3) is 0 Å². The number of hydrogen-bond donors (Lipinski definition) is 1. The molecule has 5 nitrogen and oxygen atoms in total. The number of nitrogens with zero attached hydrogens (tertiary/aromatic N) is 2. The normalized spacial score (nSPS) is 21.3. The first kappa shape index (κ1) is 18.0. The first-order chi connectivity index (χ1) is 10.7. The van der Waals surface area contributed by atoms with E-state index < -0.39 is 0 Å². The summed E-state index contributed by atoms with van der Waals surface area (Å²) >= 11 is 6.29. The van der Waals surface area contributed by atoms with Gasteiger partial charge in [0, 0.05) is 37.6 Å². The molecule has 0 spiro atoms. The fourth-order valence-electron chi connectivity index (χ4n) is 3.15. The van der Waals surface area contributed by atoms with E-state index in [1.165, 1.54) is 0 Å². The van der Waals surface area contributed by atoms with Crippen LogP contribution in [-0.2, 0) is 9.59 Å². The van der Waals surface area contributed by atoms with Gasteiger partial charge in [-0.2, -0.15) is 0 Å². The lowest BCUT2D eigenvalue weighted by Gasteiger charge is -2.37. The molecule has 0 saturated carbocycles. The molecule has 23 heavy (non-hydrogen) atoms. The number of amides is 2. The third kappa shape index (κ3) is 3.97. The van der Waals surface area contributed by atoms with E-state index in [0.717, 1.165) is 18.5 Å². The Morgan fingerprint density at radius 2 is 2.09 bits per heavy atom. The van der Waals surface area contributed by atoms with Crippen molar-refractivity contribution in [1.82, 2.24) is 15.1 Å². The summed E-state index contributed by atoms with van der Waals surface area (Å²) in [6.07, 6.45) is 1.41. The highest BCUT2D eigenvalue weighted by atomic mass is 35.5. The number of piperazine rings is 1. The van der Waals surface area contributed by atoms with E-state index >= 15 is 0 Å². The largest absolute Gasteiger partial charge is 0.333 e. The molecule has 1 unspecified atom stereocenters. The van der Waals surface area contributed by atoms with Crippen LogP contribution in [0.1, 0.15) is 24.4 Å². The van der Waals surface area contributed by atoms with Crippen molar-refractivity contribution in [3.8, 4) is 0 Å². The fraction of sp³-hybridized carbons (Fsp3) is 0.500. The zero-order chi connectivity index (χ0) is 15.5. The standard InChI is InChI=1S/C16H20ClN3O2.ClH/c17-13-5-2-1-4-12(13)14-10-18-7-9-20(14)16(22)11-19-8-3-6-15(19)21;/h1-2,4-5,14,18H,3,6-11H2;1H. The van der Waals surface area contributed by atoms with E-state index in [0.29, 0.717) is 31.1 Å². The van der Waals surface area contributed by atoms with Crippen LogP contribution in [0.15, 0.2) is 24.3 Å². The van der Waals surface area contributed by atoms with Crippen LogP contribution in [0, 0.1) is 0 Å². The van der Waals surface area contributed by atoms with Gasteiger partial charge in [-0.25, -0.2) is 0 Å². The number of benzene rings is 1. The van der Waals surface area contributed by atoms with Crippen molar-refractivity contribution in [2.45, 2.75) is 18.9 Å². The average molecular weight is 358 g/mol. The summed E-state index contributed by atoms with van der Waals surface area (Å²) in [4.78, 5) is 27.9. The lowest BCUT2D eigenvalue weighted by molar-refractivity contribution is -0.140. The monoisotopic (exact) mass is 357 g/mol. The van der Waals surface area contributed by atoms with Crippen LogP contribution in [0.4, 0.5) is 0 Å². The van der Waals surface area contributed by atoms with Gasteiger partial charge in [0.05, 0.1) is 12.6 Å². The second-order valence-electron chi connectivity index (χ2n) is 5.75. The Morgan fingerprint density at radius 1 is 1.30 bits per heavy atom. The summed E-state index contributed by atoms with van der Waals surface area (Å²) in [7, 11) is 0. The first-order valence-electron chi connectivity index (χ1n) is 7.69. The smallest absolute Gasteiger partial charge is 0.242 e. The highest BCUT2D eigenvalue weighted by molar-refractivity contribution is 6.31. The quantitative estimate of drug-likeness (QED) is 0.898. The number of halogens is 2. The van der Waals surface area contributed by atoms with Crippen molar-refractivity contribution in [2.24, 2.45) is 0 Å². The van der Waals surface area contributed by atoms with Crippen molar-refractivity contribution in [3.05, 3.63) is 34.9 Å².